The van der Waals surface area contributed by atoms with Crippen molar-refractivity contribution in [3.8, 4) is 11.8 Å². The van der Waals surface area contributed by atoms with Crippen molar-refractivity contribution in [2.45, 2.75) is 57.5 Å². The van der Waals surface area contributed by atoms with Crippen molar-refractivity contribution in [3.63, 3.8) is 0 Å². The van der Waals surface area contributed by atoms with E-state index in [9.17, 15) is 0 Å². The first-order chi connectivity index (χ1) is 14.2. The van der Waals surface area contributed by atoms with Gasteiger partial charge in [-0.25, -0.2) is 4.68 Å². The number of aryl methyl sites for hydroxylation is 1. The third-order valence-corrected chi connectivity index (χ3v) is 5.82. The van der Waals surface area contributed by atoms with Gasteiger partial charge in [0.25, 0.3) is 0 Å². The molecule has 152 valence electrons. The highest BCUT2D eigenvalue weighted by atomic mass is 16.7. The molecule has 0 amide bonds. The molecular formula is C23H27N3O3. The summed E-state index contributed by atoms with van der Waals surface area (Å²) in [4.78, 5) is 0. The zero-order valence-corrected chi connectivity index (χ0v) is 16.9. The second-order valence-corrected chi connectivity index (χ2v) is 8.20. The van der Waals surface area contributed by atoms with Crippen LogP contribution < -0.4 is 0 Å². The third kappa shape index (κ3) is 3.95. The van der Waals surface area contributed by atoms with Gasteiger partial charge >= 0.3 is 0 Å². The van der Waals surface area contributed by atoms with Crippen molar-refractivity contribution in [2.24, 2.45) is 5.92 Å². The molecule has 5 rings (SSSR count). The van der Waals surface area contributed by atoms with Gasteiger partial charge in [-0.3, -0.25) is 0 Å². The van der Waals surface area contributed by atoms with Crippen LogP contribution in [0, 0.1) is 24.7 Å². The minimum atomic E-state index is -1.02. The number of nitrogens with zero attached hydrogens (tertiary/aromatic N) is 3. The van der Waals surface area contributed by atoms with Gasteiger partial charge < -0.3 is 14.2 Å². The first-order valence-electron chi connectivity index (χ1n) is 10.7. The van der Waals surface area contributed by atoms with E-state index in [2.05, 4.69) is 47.3 Å². The van der Waals surface area contributed by atoms with Crippen LogP contribution in [0.25, 0.3) is 0 Å². The van der Waals surface area contributed by atoms with E-state index in [4.69, 9.17) is 14.2 Å². The van der Waals surface area contributed by atoms with Crippen molar-refractivity contribution in [1.82, 2.24) is 15.0 Å². The lowest BCUT2D eigenvalue weighted by atomic mass is 9.95. The standard InChI is InChI=1S/C23H27N3O3/c1-17-5-6-19(10-9-18-7-8-18)14-21(17)23(28-12-13-29-23)22-16-26(25-24-22)15-20-4-2-3-11-27-20/h5-6,14,16,18,20H,2-4,7-8,11-13,15H2,1H3. The summed E-state index contributed by atoms with van der Waals surface area (Å²) in [6.45, 7) is 4.65. The Kier molecular flexibility index (Phi) is 5.13. The lowest BCUT2D eigenvalue weighted by Gasteiger charge is -2.27. The van der Waals surface area contributed by atoms with E-state index in [1.165, 1.54) is 19.3 Å². The van der Waals surface area contributed by atoms with Crippen LogP contribution in [-0.2, 0) is 26.5 Å². The molecule has 6 heteroatoms. The van der Waals surface area contributed by atoms with Crippen LogP contribution >= 0.6 is 0 Å². The Labute approximate surface area is 171 Å². The second-order valence-electron chi connectivity index (χ2n) is 8.20. The largest absolute Gasteiger partial charge is 0.376 e. The Morgan fingerprint density at radius 1 is 1.14 bits per heavy atom. The second kappa shape index (κ2) is 7.91. The van der Waals surface area contributed by atoms with Gasteiger partial charge in [-0.1, -0.05) is 23.1 Å². The highest BCUT2D eigenvalue weighted by Gasteiger charge is 2.44. The molecule has 29 heavy (non-hydrogen) atoms. The predicted molar refractivity (Wildman–Crippen MR) is 107 cm³/mol. The van der Waals surface area contributed by atoms with Crippen LogP contribution in [-0.4, -0.2) is 40.9 Å². The number of benzene rings is 1. The Morgan fingerprint density at radius 2 is 2.00 bits per heavy atom. The fraction of sp³-hybridized carbons (Fsp3) is 0.565. The maximum atomic E-state index is 6.17. The average Bonchev–Trinajstić information content (AvgIpc) is 3.23. The van der Waals surface area contributed by atoms with Gasteiger partial charge in [-0.2, -0.15) is 0 Å². The molecule has 1 aromatic carbocycles. The maximum Gasteiger partial charge on any atom is 0.243 e. The summed E-state index contributed by atoms with van der Waals surface area (Å²) in [6.07, 6.45) is 7.98. The fourth-order valence-electron chi connectivity index (χ4n) is 4.02. The van der Waals surface area contributed by atoms with E-state index >= 15 is 0 Å². The number of hydrogen-bond acceptors (Lipinski definition) is 5. The van der Waals surface area contributed by atoms with Gasteiger partial charge in [0.15, 0.2) is 0 Å². The Balaban J connectivity index is 1.45. The van der Waals surface area contributed by atoms with E-state index in [-0.39, 0.29) is 6.10 Å². The molecule has 0 bridgehead atoms. The van der Waals surface area contributed by atoms with E-state index < -0.39 is 5.79 Å². The molecule has 1 aliphatic carbocycles. The molecular weight excluding hydrogens is 366 g/mol. The smallest absolute Gasteiger partial charge is 0.243 e. The number of rotatable bonds is 4. The van der Waals surface area contributed by atoms with Crippen LogP contribution in [0.3, 0.4) is 0 Å². The molecule has 3 aliphatic rings. The lowest BCUT2D eigenvalue weighted by Crippen LogP contribution is -2.30. The zero-order chi connectivity index (χ0) is 19.7. The third-order valence-electron chi connectivity index (χ3n) is 5.82. The molecule has 1 unspecified atom stereocenters. The zero-order valence-electron chi connectivity index (χ0n) is 16.9. The predicted octanol–water partition coefficient (Wildman–Crippen LogP) is 3.17. The molecule has 0 spiro atoms. The van der Waals surface area contributed by atoms with Gasteiger partial charge in [0, 0.05) is 23.7 Å². The van der Waals surface area contributed by atoms with Crippen LogP contribution in [0.4, 0.5) is 0 Å². The lowest BCUT2D eigenvalue weighted by molar-refractivity contribution is -0.133. The van der Waals surface area contributed by atoms with E-state index in [1.54, 1.807) is 0 Å². The first kappa shape index (κ1) is 18.8. The average molecular weight is 393 g/mol. The summed E-state index contributed by atoms with van der Waals surface area (Å²) in [6, 6.07) is 6.23. The summed E-state index contributed by atoms with van der Waals surface area (Å²) < 4.78 is 20.0. The molecule has 1 saturated carbocycles. The Morgan fingerprint density at radius 3 is 2.76 bits per heavy atom. The monoisotopic (exact) mass is 393 g/mol. The van der Waals surface area contributed by atoms with Gasteiger partial charge in [-0.15, -0.1) is 5.10 Å². The fourth-order valence-corrected chi connectivity index (χ4v) is 4.02. The first-order valence-corrected chi connectivity index (χ1v) is 10.7. The Bertz CT molecular complexity index is 926. The van der Waals surface area contributed by atoms with Crippen molar-refractivity contribution < 1.29 is 14.2 Å². The minimum absolute atomic E-state index is 0.197. The highest BCUT2D eigenvalue weighted by molar-refractivity contribution is 5.45. The topological polar surface area (TPSA) is 58.4 Å². The number of hydrogen-bond donors (Lipinski definition) is 0. The van der Waals surface area contributed by atoms with Crippen LogP contribution in [0.2, 0.25) is 0 Å². The van der Waals surface area contributed by atoms with E-state index in [1.807, 2.05) is 10.9 Å². The van der Waals surface area contributed by atoms with E-state index in [0.29, 0.717) is 31.4 Å². The normalized spacial score (nSPS) is 23.6. The molecule has 6 nitrogen and oxygen atoms in total. The minimum Gasteiger partial charge on any atom is -0.376 e. The van der Waals surface area contributed by atoms with Gasteiger partial charge in [-0.05, 0) is 56.7 Å². The van der Waals surface area contributed by atoms with Crippen LogP contribution in [0.1, 0.15) is 54.5 Å². The van der Waals surface area contributed by atoms with Gasteiger partial charge in [0.05, 0.1) is 32.1 Å². The summed E-state index contributed by atoms with van der Waals surface area (Å²) in [5.41, 5.74) is 3.72. The van der Waals surface area contributed by atoms with Crippen molar-refractivity contribution in [3.05, 3.63) is 46.8 Å². The van der Waals surface area contributed by atoms with Gasteiger partial charge in [0.1, 0.15) is 5.69 Å². The molecule has 3 fully saturated rings. The highest BCUT2D eigenvalue weighted by Crippen LogP contribution is 2.39. The SMILES string of the molecule is Cc1ccc(C#CC2CC2)cc1C1(c2cn(CC3CCCCO3)nn2)OCCO1. The van der Waals surface area contributed by atoms with Gasteiger partial charge in [0.2, 0.25) is 5.79 Å². The summed E-state index contributed by atoms with van der Waals surface area (Å²) in [5, 5.41) is 8.78. The van der Waals surface area contributed by atoms with E-state index in [0.717, 1.165) is 36.1 Å². The van der Waals surface area contributed by atoms with Crippen LogP contribution in [0.5, 0.6) is 0 Å². The number of ether oxygens (including phenoxy) is 3. The quantitative estimate of drug-likeness (QED) is 0.747. The molecule has 3 heterocycles. The number of aromatic nitrogens is 3. The van der Waals surface area contributed by atoms with Crippen molar-refractivity contribution >= 4 is 0 Å². The Hall–Kier alpha value is -2.20. The molecule has 0 radical (unpaired) electrons. The summed E-state index contributed by atoms with van der Waals surface area (Å²) in [7, 11) is 0. The molecule has 1 aromatic heterocycles. The van der Waals surface area contributed by atoms with Crippen molar-refractivity contribution in [1.29, 1.82) is 0 Å². The van der Waals surface area contributed by atoms with Crippen molar-refractivity contribution in [2.75, 3.05) is 19.8 Å². The molecule has 1 atom stereocenters. The summed E-state index contributed by atoms with van der Waals surface area (Å²) >= 11 is 0. The summed E-state index contributed by atoms with van der Waals surface area (Å²) in [5.74, 6) is 6.18. The molecule has 0 N–H and O–H groups in total. The van der Waals surface area contributed by atoms with Crippen LogP contribution in [0.15, 0.2) is 24.4 Å². The maximum absolute atomic E-state index is 6.17. The molecule has 2 saturated heterocycles. The molecule has 2 aliphatic heterocycles. The molecule has 2 aromatic rings.